The van der Waals surface area contributed by atoms with Crippen LogP contribution in [0.15, 0.2) is 0 Å². The first-order valence-electron chi connectivity index (χ1n) is 5.74. The van der Waals surface area contributed by atoms with E-state index in [1.54, 1.807) is 0 Å². The van der Waals surface area contributed by atoms with Crippen LogP contribution in [0.1, 0.15) is 33.6 Å². The molecular formula is C11H26N2O. The molecule has 0 heterocycles. The van der Waals surface area contributed by atoms with Gasteiger partial charge in [-0.25, -0.2) is 0 Å². The zero-order valence-electron chi connectivity index (χ0n) is 9.96. The molecule has 0 aliphatic carbocycles. The van der Waals surface area contributed by atoms with Crippen LogP contribution in [0.25, 0.3) is 0 Å². The van der Waals surface area contributed by atoms with Crippen molar-refractivity contribution < 1.29 is 4.74 Å². The standard InChI is InChI=1S/C11H26N2O/c1-4-9-14-10-8-13(11(2)3)7-5-6-12/h11H,4-10,12H2,1-3H3. The van der Waals surface area contributed by atoms with Crippen molar-refractivity contribution in [3.63, 3.8) is 0 Å². The molecule has 2 N–H and O–H groups in total. The fourth-order valence-electron chi connectivity index (χ4n) is 1.35. The largest absolute Gasteiger partial charge is 0.380 e. The van der Waals surface area contributed by atoms with Crippen LogP contribution in [-0.4, -0.2) is 43.8 Å². The third-order valence-corrected chi connectivity index (χ3v) is 2.25. The minimum atomic E-state index is 0.590. The number of nitrogens with zero attached hydrogens (tertiary/aromatic N) is 1. The highest BCUT2D eigenvalue weighted by atomic mass is 16.5. The Kier molecular flexibility index (Phi) is 9.35. The molecule has 0 aliphatic rings. The van der Waals surface area contributed by atoms with Crippen LogP contribution in [0, 0.1) is 0 Å². The van der Waals surface area contributed by atoms with Crippen LogP contribution in [0.5, 0.6) is 0 Å². The SMILES string of the molecule is CCCOCCN(CCCN)C(C)C. The number of rotatable bonds is 9. The van der Waals surface area contributed by atoms with Gasteiger partial charge in [-0.2, -0.15) is 0 Å². The molecule has 0 spiro atoms. The summed E-state index contributed by atoms with van der Waals surface area (Å²) in [5, 5.41) is 0. The molecule has 0 aromatic heterocycles. The summed E-state index contributed by atoms with van der Waals surface area (Å²) >= 11 is 0. The van der Waals surface area contributed by atoms with Gasteiger partial charge in [0.1, 0.15) is 0 Å². The molecule has 3 heteroatoms. The van der Waals surface area contributed by atoms with Gasteiger partial charge in [0, 0.05) is 19.2 Å². The zero-order valence-corrected chi connectivity index (χ0v) is 9.96. The van der Waals surface area contributed by atoms with E-state index in [4.69, 9.17) is 10.5 Å². The van der Waals surface area contributed by atoms with E-state index in [-0.39, 0.29) is 0 Å². The summed E-state index contributed by atoms with van der Waals surface area (Å²) < 4.78 is 5.47. The van der Waals surface area contributed by atoms with E-state index in [9.17, 15) is 0 Å². The molecule has 0 amide bonds. The van der Waals surface area contributed by atoms with E-state index in [1.165, 1.54) is 0 Å². The monoisotopic (exact) mass is 202 g/mol. The summed E-state index contributed by atoms with van der Waals surface area (Å²) in [6, 6.07) is 0.590. The van der Waals surface area contributed by atoms with Crippen molar-refractivity contribution >= 4 is 0 Å². The minimum absolute atomic E-state index is 0.590. The molecule has 0 saturated carbocycles. The van der Waals surface area contributed by atoms with Gasteiger partial charge in [-0.05, 0) is 39.8 Å². The van der Waals surface area contributed by atoms with Gasteiger partial charge >= 0.3 is 0 Å². The van der Waals surface area contributed by atoms with E-state index in [0.717, 1.165) is 45.7 Å². The lowest BCUT2D eigenvalue weighted by Crippen LogP contribution is -2.35. The van der Waals surface area contributed by atoms with Gasteiger partial charge in [-0.3, -0.25) is 4.90 Å². The normalized spacial score (nSPS) is 11.6. The maximum atomic E-state index is 5.50. The third-order valence-electron chi connectivity index (χ3n) is 2.25. The molecule has 0 radical (unpaired) electrons. The van der Waals surface area contributed by atoms with Crippen molar-refractivity contribution in [3.05, 3.63) is 0 Å². The Labute approximate surface area is 88.6 Å². The van der Waals surface area contributed by atoms with Crippen LogP contribution in [0.2, 0.25) is 0 Å². The Morgan fingerprint density at radius 2 is 1.93 bits per heavy atom. The van der Waals surface area contributed by atoms with Gasteiger partial charge in [0.2, 0.25) is 0 Å². The van der Waals surface area contributed by atoms with E-state index in [0.29, 0.717) is 6.04 Å². The molecule has 0 saturated heterocycles. The van der Waals surface area contributed by atoms with E-state index < -0.39 is 0 Å². The molecule has 0 bridgehead atoms. The topological polar surface area (TPSA) is 38.5 Å². The van der Waals surface area contributed by atoms with E-state index >= 15 is 0 Å². The summed E-state index contributed by atoms with van der Waals surface area (Å²) in [6.45, 7) is 11.2. The van der Waals surface area contributed by atoms with Gasteiger partial charge in [0.05, 0.1) is 6.61 Å². The summed E-state index contributed by atoms with van der Waals surface area (Å²) in [5.41, 5.74) is 5.50. The molecule has 0 atom stereocenters. The first-order valence-corrected chi connectivity index (χ1v) is 5.74. The summed E-state index contributed by atoms with van der Waals surface area (Å²) in [5.74, 6) is 0. The number of nitrogens with two attached hydrogens (primary N) is 1. The lowest BCUT2D eigenvalue weighted by molar-refractivity contribution is 0.0927. The van der Waals surface area contributed by atoms with E-state index in [1.807, 2.05) is 0 Å². The molecule has 0 aromatic carbocycles. The first kappa shape index (κ1) is 13.9. The molecule has 86 valence electrons. The molecule has 3 nitrogen and oxygen atoms in total. The average Bonchev–Trinajstić information content (AvgIpc) is 2.16. The van der Waals surface area contributed by atoms with Crippen LogP contribution >= 0.6 is 0 Å². The average molecular weight is 202 g/mol. The van der Waals surface area contributed by atoms with Crippen molar-refractivity contribution in [3.8, 4) is 0 Å². The summed E-state index contributed by atoms with van der Waals surface area (Å²) in [4.78, 5) is 2.42. The number of hydrogen-bond donors (Lipinski definition) is 1. The Bertz CT molecular complexity index is 118. The maximum absolute atomic E-state index is 5.50. The Morgan fingerprint density at radius 1 is 1.21 bits per heavy atom. The molecule has 0 unspecified atom stereocenters. The highest BCUT2D eigenvalue weighted by Crippen LogP contribution is 1.99. The van der Waals surface area contributed by atoms with Crippen LogP contribution in [0.3, 0.4) is 0 Å². The summed E-state index contributed by atoms with van der Waals surface area (Å²) in [6.07, 6.45) is 2.18. The Balaban J connectivity index is 3.52. The molecule has 14 heavy (non-hydrogen) atoms. The number of ether oxygens (including phenoxy) is 1. The van der Waals surface area contributed by atoms with Gasteiger partial charge in [0.25, 0.3) is 0 Å². The lowest BCUT2D eigenvalue weighted by atomic mass is 10.3. The van der Waals surface area contributed by atoms with Crippen LogP contribution < -0.4 is 5.73 Å². The molecule has 0 aliphatic heterocycles. The van der Waals surface area contributed by atoms with Gasteiger partial charge < -0.3 is 10.5 Å². The number of hydrogen-bond acceptors (Lipinski definition) is 3. The second-order valence-corrected chi connectivity index (χ2v) is 3.88. The predicted molar refractivity (Wildman–Crippen MR) is 61.5 cm³/mol. The third kappa shape index (κ3) is 7.30. The van der Waals surface area contributed by atoms with Crippen molar-refractivity contribution in [1.82, 2.24) is 4.90 Å². The second kappa shape index (κ2) is 9.44. The Morgan fingerprint density at radius 3 is 2.43 bits per heavy atom. The van der Waals surface area contributed by atoms with Crippen LogP contribution in [-0.2, 0) is 4.74 Å². The lowest BCUT2D eigenvalue weighted by Gasteiger charge is -2.26. The minimum Gasteiger partial charge on any atom is -0.380 e. The second-order valence-electron chi connectivity index (χ2n) is 3.88. The van der Waals surface area contributed by atoms with Crippen molar-refractivity contribution in [2.24, 2.45) is 5.73 Å². The first-order chi connectivity index (χ1) is 6.72. The molecule has 0 fully saturated rings. The summed E-state index contributed by atoms with van der Waals surface area (Å²) in [7, 11) is 0. The van der Waals surface area contributed by atoms with Crippen molar-refractivity contribution in [1.29, 1.82) is 0 Å². The van der Waals surface area contributed by atoms with E-state index in [2.05, 4.69) is 25.7 Å². The van der Waals surface area contributed by atoms with Crippen molar-refractivity contribution in [2.45, 2.75) is 39.7 Å². The predicted octanol–water partition coefficient (Wildman–Crippen LogP) is 1.47. The fourth-order valence-corrected chi connectivity index (χ4v) is 1.35. The fraction of sp³-hybridized carbons (Fsp3) is 1.00. The Hall–Kier alpha value is -0.120. The van der Waals surface area contributed by atoms with Gasteiger partial charge in [-0.15, -0.1) is 0 Å². The molecule has 0 aromatic rings. The smallest absolute Gasteiger partial charge is 0.0593 e. The maximum Gasteiger partial charge on any atom is 0.0593 e. The van der Waals surface area contributed by atoms with Gasteiger partial charge in [-0.1, -0.05) is 6.92 Å². The highest BCUT2D eigenvalue weighted by molar-refractivity contribution is 4.62. The van der Waals surface area contributed by atoms with Gasteiger partial charge in [0.15, 0.2) is 0 Å². The molecular weight excluding hydrogens is 176 g/mol. The highest BCUT2D eigenvalue weighted by Gasteiger charge is 2.07. The molecule has 0 rings (SSSR count). The zero-order chi connectivity index (χ0) is 10.8. The van der Waals surface area contributed by atoms with Crippen LogP contribution in [0.4, 0.5) is 0 Å². The van der Waals surface area contributed by atoms with Crippen molar-refractivity contribution in [2.75, 3.05) is 32.8 Å². The quantitative estimate of drug-likeness (QED) is 0.575.